The SMILES string of the molecule is Cc1ccc(CC(=O)C[C@H](CCO)c2nnc(C3CC(CC(F)(F)F)C3)n2C2CC2)c(C)c1. The molecule has 0 aliphatic heterocycles. The number of alkyl halides is 3. The lowest BCUT2D eigenvalue weighted by Gasteiger charge is -2.35. The molecule has 2 fully saturated rings. The second-order valence-electron chi connectivity index (χ2n) is 9.93. The van der Waals surface area contributed by atoms with Crippen molar-refractivity contribution in [3.05, 3.63) is 46.5 Å². The minimum Gasteiger partial charge on any atom is -0.396 e. The van der Waals surface area contributed by atoms with Crippen molar-refractivity contribution in [2.75, 3.05) is 6.61 Å². The lowest BCUT2D eigenvalue weighted by atomic mass is 9.72. The average Bonchev–Trinajstić information content (AvgIpc) is 3.44. The lowest BCUT2D eigenvalue weighted by Crippen LogP contribution is -2.29. The molecule has 2 aliphatic rings. The highest BCUT2D eigenvalue weighted by Gasteiger charge is 2.43. The van der Waals surface area contributed by atoms with Gasteiger partial charge in [-0.25, -0.2) is 0 Å². The van der Waals surface area contributed by atoms with E-state index < -0.39 is 12.6 Å². The maximum Gasteiger partial charge on any atom is 0.389 e. The first-order chi connectivity index (χ1) is 15.6. The number of aryl methyl sites for hydroxylation is 2. The number of nitrogens with zero attached hydrogens (tertiary/aromatic N) is 3. The van der Waals surface area contributed by atoms with Gasteiger partial charge in [-0.2, -0.15) is 13.2 Å². The van der Waals surface area contributed by atoms with E-state index >= 15 is 0 Å². The summed E-state index contributed by atoms with van der Waals surface area (Å²) in [6, 6.07) is 6.31. The van der Waals surface area contributed by atoms with E-state index in [1.807, 2.05) is 26.0 Å². The van der Waals surface area contributed by atoms with Crippen LogP contribution in [-0.4, -0.2) is 38.4 Å². The van der Waals surface area contributed by atoms with Gasteiger partial charge in [0.2, 0.25) is 0 Å². The van der Waals surface area contributed by atoms with Crippen molar-refractivity contribution in [1.82, 2.24) is 14.8 Å². The number of halogens is 3. The molecule has 2 saturated carbocycles. The van der Waals surface area contributed by atoms with Gasteiger partial charge in [0.05, 0.1) is 0 Å². The number of ketones is 1. The topological polar surface area (TPSA) is 68.0 Å². The van der Waals surface area contributed by atoms with Crippen LogP contribution < -0.4 is 0 Å². The zero-order chi connectivity index (χ0) is 23.8. The van der Waals surface area contributed by atoms with Crippen molar-refractivity contribution < 1.29 is 23.1 Å². The number of benzene rings is 1. The quantitative estimate of drug-likeness (QED) is 0.516. The molecule has 0 spiro atoms. The number of rotatable bonds is 10. The number of aromatic nitrogens is 3. The van der Waals surface area contributed by atoms with E-state index in [-0.39, 0.29) is 42.6 Å². The molecule has 1 atom stereocenters. The molecule has 0 amide bonds. The minimum atomic E-state index is -4.13. The molecule has 33 heavy (non-hydrogen) atoms. The van der Waals surface area contributed by atoms with Gasteiger partial charge in [0.1, 0.15) is 17.4 Å². The summed E-state index contributed by atoms with van der Waals surface area (Å²) in [7, 11) is 0. The Labute approximate surface area is 192 Å². The molecule has 0 radical (unpaired) electrons. The largest absolute Gasteiger partial charge is 0.396 e. The van der Waals surface area contributed by atoms with Crippen molar-refractivity contribution in [1.29, 1.82) is 0 Å². The van der Waals surface area contributed by atoms with Gasteiger partial charge in [-0.3, -0.25) is 4.79 Å². The number of aliphatic hydroxyl groups excluding tert-OH is 1. The highest BCUT2D eigenvalue weighted by molar-refractivity contribution is 5.82. The number of aliphatic hydroxyl groups is 1. The number of carbonyl (C=O) groups is 1. The molecule has 0 bridgehead atoms. The van der Waals surface area contributed by atoms with Crippen LogP contribution >= 0.6 is 0 Å². The molecule has 1 aromatic heterocycles. The van der Waals surface area contributed by atoms with Crippen LogP contribution in [0, 0.1) is 19.8 Å². The smallest absolute Gasteiger partial charge is 0.389 e. The fraction of sp³-hybridized carbons (Fsp3) is 0.640. The van der Waals surface area contributed by atoms with Crippen LogP contribution in [0.25, 0.3) is 0 Å². The zero-order valence-electron chi connectivity index (χ0n) is 19.2. The Hall–Kier alpha value is -2.22. The van der Waals surface area contributed by atoms with E-state index in [1.54, 1.807) is 0 Å². The molecule has 180 valence electrons. The van der Waals surface area contributed by atoms with Gasteiger partial charge in [0.25, 0.3) is 0 Å². The fourth-order valence-corrected chi connectivity index (χ4v) is 5.10. The molecule has 8 heteroatoms. The van der Waals surface area contributed by atoms with Crippen LogP contribution in [0.15, 0.2) is 18.2 Å². The highest BCUT2D eigenvalue weighted by atomic mass is 19.4. The lowest BCUT2D eigenvalue weighted by molar-refractivity contribution is -0.151. The third-order valence-corrected chi connectivity index (χ3v) is 6.98. The first-order valence-corrected chi connectivity index (χ1v) is 11.8. The summed E-state index contributed by atoms with van der Waals surface area (Å²) in [4.78, 5) is 12.9. The first kappa shape index (κ1) is 23.9. The van der Waals surface area contributed by atoms with Crippen LogP contribution in [0.2, 0.25) is 0 Å². The Kier molecular flexibility index (Phi) is 6.93. The molecule has 1 heterocycles. The normalized spacial score (nSPS) is 21.6. The van der Waals surface area contributed by atoms with Gasteiger partial charge in [-0.1, -0.05) is 23.8 Å². The molecule has 2 aromatic rings. The Balaban J connectivity index is 1.48. The molecular formula is C25H32F3N3O2. The predicted octanol–water partition coefficient (Wildman–Crippen LogP) is 5.34. The summed E-state index contributed by atoms with van der Waals surface area (Å²) in [6.07, 6.45) is -0.952. The number of Topliss-reactive ketones (excluding diaryl/α,β-unsaturated/α-hetero) is 1. The summed E-state index contributed by atoms with van der Waals surface area (Å²) in [6.45, 7) is 3.96. The third-order valence-electron chi connectivity index (χ3n) is 6.98. The standard InChI is InChI=1S/C25H32F3N3O2/c1-15-3-4-18(16(2)9-15)12-22(33)13-19(7-8-32)23-29-30-24(31(23)21-5-6-21)20-10-17(11-20)14-25(26,27)28/h3-4,9,17,19-21,32H,5-8,10-14H2,1-2H3/t17?,19-,20?/m0/s1. The van der Waals surface area contributed by atoms with Gasteiger partial charge in [0, 0.05) is 43.7 Å². The van der Waals surface area contributed by atoms with Crippen molar-refractivity contribution in [3.8, 4) is 0 Å². The van der Waals surface area contributed by atoms with E-state index in [4.69, 9.17) is 0 Å². The van der Waals surface area contributed by atoms with Crippen molar-refractivity contribution in [2.24, 2.45) is 5.92 Å². The average molecular weight is 464 g/mol. The summed E-state index contributed by atoms with van der Waals surface area (Å²) >= 11 is 0. The number of hydrogen-bond acceptors (Lipinski definition) is 4. The van der Waals surface area contributed by atoms with E-state index in [0.717, 1.165) is 35.4 Å². The Morgan fingerprint density at radius 3 is 2.55 bits per heavy atom. The Morgan fingerprint density at radius 2 is 1.94 bits per heavy atom. The second kappa shape index (κ2) is 9.57. The predicted molar refractivity (Wildman–Crippen MR) is 118 cm³/mol. The molecule has 0 unspecified atom stereocenters. The zero-order valence-corrected chi connectivity index (χ0v) is 19.2. The van der Waals surface area contributed by atoms with Crippen molar-refractivity contribution >= 4 is 5.78 Å². The first-order valence-electron chi connectivity index (χ1n) is 11.8. The van der Waals surface area contributed by atoms with Crippen LogP contribution in [-0.2, 0) is 11.2 Å². The summed E-state index contributed by atoms with van der Waals surface area (Å²) in [5, 5.41) is 18.5. The summed E-state index contributed by atoms with van der Waals surface area (Å²) in [5.41, 5.74) is 3.24. The molecule has 5 nitrogen and oxygen atoms in total. The van der Waals surface area contributed by atoms with Gasteiger partial charge >= 0.3 is 6.18 Å². The van der Waals surface area contributed by atoms with E-state index in [2.05, 4.69) is 20.8 Å². The molecular weight excluding hydrogens is 431 g/mol. The van der Waals surface area contributed by atoms with Crippen LogP contribution in [0.3, 0.4) is 0 Å². The number of carbonyl (C=O) groups excluding carboxylic acids is 1. The molecule has 4 rings (SSSR count). The second-order valence-corrected chi connectivity index (χ2v) is 9.93. The van der Waals surface area contributed by atoms with Crippen molar-refractivity contribution in [2.45, 2.75) is 89.3 Å². The minimum absolute atomic E-state index is 0.0140. The van der Waals surface area contributed by atoms with Gasteiger partial charge < -0.3 is 9.67 Å². The Morgan fingerprint density at radius 1 is 1.21 bits per heavy atom. The summed E-state index contributed by atoms with van der Waals surface area (Å²) in [5.74, 6) is 0.933. The highest BCUT2D eigenvalue weighted by Crippen LogP contribution is 2.49. The maximum atomic E-state index is 12.9. The third kappa shape index (κ3) is 5.83. The van der Waals surface area contributed by atoms with Crippen molar-refractivity contribution in [3.63, 3.8) is 0 Å². The summed E-state index contributed by atoms with van der Waals surface area (Å²) < 4.78 is 40.2. The maximum absolute atomic E-state index is 12.9. The van der Waals surface area contributed by atoms with Crippen LogP contribution in [0.5, 0.6) is 0 Å². The van der Waals surface area contributed by atoms with Gasteiger partial charge in [-0.15, -0.1) is 10.2 Å². The van der Waals surface area contributed by atoms with Crippen LogP contribution in [0.1, 0.15) is 91.2 Å². The molecule has 0 saturated heterocycles. The van der Waals surface area contributed by atoms with Gasteiger partial charge in [0.15, 0.2) is 0 Å². The van der Waals surface area contributed by atoms with E-state index in [1.165, 1.54) is 0 Å². The fourth-order valence-electron chi connectivity index (χ4n) is 5.10. The number of hydrogen-bond donors (Lipinski definition) is 1. The molecule has 2 aliphatic carbocycles. The van der Waals surface area contributed by atoms with E-state index in [9.17, 15) is 23.1 Å². The Bertz CT molecular complexity index is 991. The van der Waals surface area contributed by atoms with E-state index in [0.29, 0.717) is 31.5 Å². The molecule has 1 aromatic carbocycles. The van der Waals surface area contributed by atoms with Crippen LogP contribution in [0.4, 0.5) is 13.2 Å². The van der Waals surface area contributed by atoms with Gasteiger partial charge in [-0.05, 0) is 63.0 Å². The molecule has 1 N–H and O–H groups in total. The monoisotopic (exact) mass is 463 g/mol.